The molecule has 27 heavy (non-hydrogen) atoms. The fraction of sp³-hybridized carbons (Fsp3) is 0.529. The Morgan fingerprint density at radius 2 is 1.89 bits per heavy atom. The minimum Gasteiger partial charge on any atom is -0.482 e. The number of nitrogens with one attached hydrogen (secondary N) is 1. The van der Waals surface area contributed by atoms with Crippen LogP contribution in [0.3, 0.4) is 0 Å². The van der Waals surface area contributed by atoms with Crippen molar-refractivity contribution in [1.82, 2.24) is 15.2 Å². The second-order valence-corrected chi connectivity index (χ2v) is 7.38. The third-order valence-electron chi connectivity index (χ3n) is 4.91. The maximum absolute atomic E-state index is 13.1. The Hall–Kier alpha value is -2.39. The van der Waals surface area contributed by atoms with Crippen LogP contribution in [-0.2, 0) is 5.41 Å². The number of aromatic amines is 1. The summed E-state index contributed by atoms with van der Waals surface area (Å²) in [5.74, 6) is -3.01. The molecule has 0 aromatic carbocycles. The molecule has 1 saturated heterocycles. The minimum absolute atomic E-state index is 0.0457. The number of anilines is 1. The van der Waals surface area contributed by atoms with Crippen LogP contribution in [0.2, 0.25) is 0 Å². The molecule has 0 bridgehead atoms. The van der Waals surface area contributed by atoms with Crippen molar-refractivity contribution in [2.75, 3.05) is 24.6 Å². The van der Waals surface area contributed by atoms with Gasteiger partial charge >= 0.3 is 6.18 Å². The number of halogens is 5. The van der Waals surface area contributed by atoms with Crippen LogP contribution in [0.5, 0.6) is 5.75 Å². The van der Waals surface area contributed by atoms with Crippen molar-refractivity contribution in [3.05, 3.63) is 24.0 Å². The zero-order valence-corrected chi connectivity index (χ0v) is 14.4. The summed E-state index contributed by atoms with van der Waals surface area (Å²) in [4.78, 5) is 5.43. The normalized spacial score (nSPS) is 20.3. The Labute approximate surface area is 151 Å². The van der Waals surface area contributed by atoms with Gasteiger partial charge in [0.1, 0.15) is 11.4 Å². The second-order valence-electron chi connectivity index (χ2n) is 7.38. The maximum Gasteiger partial charge on any atom is 0.422 e. The van der Waals surface area contributed by atoms with Crippen LogP contribution in [-0.4, -0.2) is 47.0 Å². The molecule has 10 heteroatoms. The number of H-pyrrole nitrogens is 1. The molecule has 2 aliphatic rings. The van der Waals surface area contributed by atoms with Crippen molar-refractivity contribution < 1.29 is 26.7 Å². The average Bonchev–Trinajstić information content (AvgIpc) is 3.10. The van der Waals surface area contributed by atoms with Crippen molar-refractivity contribution in [2.24, 2.45) is 0 Å². The summed E-state index contributed by atoms with van der Waals surface area (Å²) in [5, 5.41) is 7.11. The summed E-state index contributed by atoms with van der Waals surface area (Å²) in [6, 6.07) is 3.12. The van der Waals surface area contributed by atoms with Gasteiger partial charge < -0.3 is 9.64 Å². The lowest BCUT2D eigenvalue weighted by Crippen LogP contribution is -2.56. The molecule has 1 aliphatic carbocycles. The lowest BCUT2D eigenvalue weighted by molar-refractivity contribution is -0.153. The fourth-order valence-corrected chi connectivity index (χ4v) is 2.98. The van der Waals surface area contributed by atoms with Crippen LogP contribution < -0.4 is 9.64 Å². The van der Waals surface area contributed by atoms with Gasteiger partial charge in [-0.2, -0.15) is 18.3 Å². The first-order valence-electron chi connectivity index (χ1n) is 8.43. The first-order valence-corrected chi connectivity index (χ1v) is 8.43. The Bertz CT molecular complexity index is 851. The number of hydrogen-bond donors (Lipinski definition) is 1. The van der Waals surface area contributed by atoms with E-state index in [4.69, 9.17) is 4.74 Å². The van der Waals surface area contributed by atoms with Crippen LogP contribution >= 0.6 is 0 Å². The summed E-state index contributed by atoms with van der Waals surface area (Å²) in [6.07, 6.45) is -1.22. The Kier molecular flexibility index (Phi) is 3.87. The summed E-state index contributed by atoms with van der Waals surface area (Å²) < 4.78 is 68.9. The highest BCUT2D eigenvalue weighted by Crippen LogP contribution is 2.47. The topological polar surface area (TPSA) is 54.0 Å². The van der Waals surface area contributed by atoms with Gasteiger partial charge in [-0.3, -0.25) is 10.1 Å². The number of ether oxygens (including phenoxy) is 1. The van der Waals surface area contributed by atoms with Crippen molar-refractivity contribution >= 4 is 5.69 Å². The summed E-state index contributed by atoms with van der Waals surface area (Å²) in [7, 11) is 0. The van der Waals surface area contributed by atoms with E-state index in [0.29, 0.717) is 11.4 Å². The molecule has 1 N–H and O–H groups in total. The molecule has 1 aliphatic heterocycles. The van der Waals surface area contributed by atoms with Gasteiger partial charge in [0, 0.05) is 17.2 Å². The highest BCUT2D eigenvalue weighted by atomic mass is 19.4. The lowest BCUT2D eigenvalue weighted by atomic mass is 10.1. The zero-order chi connectivity index (χ0) is 19.4. The largest absolute Gasteiger partial charge is 0.482 e. The van der Waals surface area contributed by atoms with Gasteiger partial charge in [-0.1, -0.05) is 6.92 Å². The second kappa shape index (κ2) is 5.80. The molecule has 0 atom stereocenters. The van der Waals surface area contributed by atoms with Crippen LogP contribution in [0, 0.1) is 0 Å². The molecular formula is C17H17F5N4O. The summed E-state index contributed by atoms with van der Waals surface area (Å²) in [6.45, 7) is -0.594. The minimum atomic E-state index is -4.54. The van der Waals surface area contributed by atoms with E-state index in [0.717, 1.165) is 18.5 Å². The van der Waals surface area contributed by atoms with E-state index >= 15 is 0 Å². The molecule has 2 aromatic heterocycles. The Balaban J connectivity index is 1.62. The van der Waals surface area contributed by atoms with Gasteiger partial charge in [0.25, 0.3) is 5.92 Å². The van der Waals surface area contributed by atoms with Crippen molar-refractivity contribution in [3.8, 4) is 17.1 Å². The monoisotopic (exact) mass is 388 g/mol. The predicted molar refractivity (Wildman–Crippen MR) is 87.1 cm³/mol. The molecule has 4 rings (SSSR count). The molecule has 0 unspecified atom stereocenters. The highest BCUT2D eigenvalue weighted by Gasteiger charge is 2.45. The third-order valence-corrected chi connectivity index (χ3v) is 4.91. The zero-order valence-electron chi connectivity index (χ0n) is 14.4. The van der Waals surface area contributed by atoms with E-state index in [1.807, 2.05) is 0 Å². The van der Waals surface area contributed by atoms with Crippen LogP contribution in [0.1, 0.15) is 25.5 Å². The standard InChI is InChI=1S/C17H17F5N4O/c1-15(2-3-15)14-5-11(24-25-14)10-4-13(27-9-17(20,21)22)12(6-23-10)26-7-16(18,19)8-26/h4-6H,2-3,7-9H2,1H3,(H,24,25). The van der Waals surface area contributed by atoms with Gasteiger partial charge in [-0.05, 0) is 18.9 Å². The number of nitrogens with zero attached hydrogens (tertiary/aromatic N) is 3. The number of hydrogen-bond acceptors (Lipinski definition) is 4. The third kappa shape index (κ3) is 3.70. The molecule has 0 amide bonds. The number of pyridine rings is 1. The molecule has 0 spiro atoms. The molecular weight excluding hydrogens is 371 g/mol. The summed E-state index contributed by atoms with van der Waals surface area (Å²) >= 11 is 0. The van der Waals surface area contributed by atoms with E-state index in [-0.39, 0.29) is 16.9 Å². The van der Waals surface area contributed by atoms with Gasteiger partial charge in [-0.15, -0.1) is 0 Å². The SMILES string of the molecule is CC1(c2cc(-c3cc(OCC(F)(F)F)c(N4CC(F)(F)C4)cn3)n[nH]2)CC1. The van der Waals surface area contributed by atoms with E-state index < -0.39 is 31.8 Å². The van der Waals surface area contributed by atoms with Gasteiger partial charge in [-0.25, -0.2) is 8.78 Å². The van der Waals surface area contributed by atoms with E-state index in [1.54, 1.807) is 6.07 Å². The first kappa shape index (κ1) is 18.0. The molecule has 1 saturated carbocycles. The smallest absolute Gasteiger partial charge is 0.422 e. The van der Waals surface area contributed by atoms with Crippen LogP contribution in [0.25, 0.3) is 11.4 Å². The van der Waals surface area contributed by atoms with E-state index in [2.05, 4.69) is 22.1 Å². The Morgan fingerprint density at radius 1 is 1.19 bits per heavy atom. The molecule has 146 valence electrons. The number of rotatable bonds is 5. The highest BCUT2D eigenvalue weighted by molar-refractivity contribution is 5.66. The van der Waals surface area contributed by atoms with E-state index in [1.165, 1.54) is 17.2 Å². The Morgan fingerprint density at radius 3 is 2.48 bits per heavy atom. The van der Waals surface area contributed by atoms with E-state index in [9.17, 15) is 22.0 Å². The molecule has 5 nitrogen and oxygen atoms in total. The molecule has 0 radical (unpaired) electrons. The first-order chi connectivity index (χ1) is 12.5. The van der Waals surface area contributed by atoms with Crippen molar-refractivity contribution in [3.63, 3.8) is 0 Å². The fourth-order valence-electron chi connectivity index (χ4n) is 2.98. The molecule has 2 fully saturated rings. The maximum atomic E-state index is 13.1. The molecule has 3 heterocycles. The van der Waals surface area contributed by atoms with Crippen LogP contribution in [0.15, 0.2) is 18.3 Å². The lowest BCUT2D eigenvalue weighted by Gasteiger charge is -2.40. The van der Waals surface area contributed by atoms with Crippen molar-refractivity contribution in [1.29, 1.82) is 0 Å². The van der Waals surface area contributed by atoms with Crippen molar-refractivity contribution in [2.45, 2.75) is 37.3 Å². The molecule has 2 aromatic rings. The predicted octanol–water partition coefficient (Wildman–Crippen LogP) is 3.92. The average molecular weight is 388 g/mol. The van der Waals surface area contributed by atoms with Gasteiger partial charge in [0.05, 0.1) is 30.7 Å². The van der Waals surface area contributed by atoms with Crippen LogP contribution in [0.4, 0.5) is 27.6 Å². The van der Waals surface area contributed by atoms with Gasteiger partial charge in [0.15, 0.2) is 6.61 Å². The number of aromatic nitrogens is 3. The summed E-state index contributed by atoms with van der Waals surface area (Å²) in [5.41, 5.74) is 1.87. The van der Waals surface area contributed by atoms with Gasteiger partial charge in [0.2, 0.25) is 0 Å². The number of alkyl halides is 5. The quantitative estimate of drug-likeness (QED) is 0.789.